The molecule has 1 aliphatic rings. The summed E-state index contributed by atoms with van der Waals surface area (Å²) in [5.41, 5.74) is 7.33. The first-order valence-corrected chi connectivity index (χ1v) is 4.93. The van der Waals surface area contributed by atoms with Gasteiger partial charge < -0.3 is 15.7 Å². The number of rotatable bonds is 1. The zero-order valence-electron chi connectivity index (χ0n) is 8.06. The molecule has 0 saturated carbocycles. The number of piperidine rings is 1. The second kappa shape index (κ2) is 3.84. The quantitative estimate of drug-likeness (QED) is 0.697. The Balaban J connectivity index is 2.25. The van der Waals surface area contributed by atoms with Crippen LogP contribution >= 0.6 is 0 Å². The molecule has 1 saturated heterocycles. The first-order chi connectivity index (χ1) is 6.79. The molecule has 76 valence electrons. The second-order valence-electron chi connectivity index (χ2n) is 3.60. The van der Waals surface area contributed by atoms with Crippen LogP contribution in [0.2, 0.25) is 0 Å². The Labute approximate surface area is 83.4 Å². The molecule has 0 spiro atoms. The maximum absolute atomic E-state index is 9.80. The molecule has 1 fully saturated rings. The van der Waals surface area contributed by atoms with Crippen LogP contribution in [0.15, 0.2) is 18.5 Å². The van der Waals surface area contributed by atoms with Gasteiger partial charge in [-0.3, -0.25) is 4.98 Å². The number of nitrogen functional groups attached to an aromatic ring is 1. The average molecular weight is 193 g/mol. The Hall–Kier alpha value is -1.29. The second-order valence-corrected chi connectivity index (χ2v) is 3.60. The van der Waals surface area contributed by atoms with Gasteiger partial charge in [0.15, 0.2) is 0 Å². The largest absolute Gasteiger partial charge is 0.396 e. The summed E-state index contributed by atoms with van der Waals surface area (Å²) < 4.78 is 0. The van der Waals surface area contributed by atoms with E-state index in [0.29, 0.717) is 5.69 Å². The minimum atomic E-state index is -0.395. The molecule has 1 aromatic heterocycles. The topological polar surface area (TPSA) is 62.4 Å². The summed E-state index contributed by atoms with van der Waals surface area (Å²) in [5.74, 6) is 0. The molecule has 0 amide bonds. The summed E-state index contributed by atoms with van der Waals surface area (Å²) >= 11 is 0. The third-order valence-electron chi connectivity index (χ3n) is 2.61. The van der Waals surface area contributed by atoms with Gasteiger partial charge in [0.05, 0.1) is 17.6 Å². The van der Waals surface area contributed by atoms with E-state index in [1.165, 1.54) is 0 Å². The molecule has 1 unspecified atom stereocenters. The van der Waals surface area contributed by atoms with Crippen molar-refractivity contribution in [2.45, 2.75) is 25.5 Å². The zero-order chi connectivity index (χ0) is 9.97. The molecule has 14 heavy (non-hydrogen) atoms. The van der Waals surface area contributed by atoms with Gasteiger partial charge in [-0.15, -0.1) is 0 Å². The fourth-order valence-corrected chi connectivity index (χ4v) is 1.86. The van der Waals surface area contributed by atoms with Crippen molar-refractivity contribution in [1.82, 2.24) is 4.98 Å². The zero-order valence-corrected chi connectivity index (χ0v) is 8.06. The summed E-state index contributed by atoms with van der Waals surface area (Å²) in [6.07, 6.45) is 5.95. The Morgan fingerprint density at radius 1 is 1.50 bits per heavy atom. The van der Waals surface area contributed by atoms with Crippen molar-refractivity contribution < 1.29 is 5.11 Å². The van der Waals surface area contributed by atoms with E-state index in [1.54, 1.807) is 12.4 Å². The van der Waals surface area contributed by atoms with Crippen LogP contribution in [0.3, 0.4) is 0 Å². The predicted molar refractivity (Wildman–Crippen MR) is 55.9 cm³/mol. The lowest BCUT2D eigenvalue weighted by molar-refractivity contribution is 0.140. The molecule has 4 heteroatoms. The van der Waals surface area contributed by atoms with Gasteiger partial charge >= 0.3 is 0 Å². The number of nitrogens with two attached hydrogens (primary N) is 1. The third-order valence-corrected chi connectivity index (χ3v) is 2.61. The van der Waals surface area contributed by atoms with Crippen molar-refractivity contribution in [3.8, 4) is 0 Å². The van der Waals surface area contributed by atoms with Gasteiger partial charge in [0.2, 0.25) is 0 Å². The fraction of sp³-hybridized carbons (Fsp3) is 0.500. The van der Waals surface area contributed by atoms with Gasteiger partial charge in [-0.1, -0.05) is 0 Å². The molecular weight excluding hydrogens is 178 g/mol. The van der Waals surface area contributed by atoms with E-state index in [0.717, 1.165) is 31.5 Å². The van der Waals surface area contributed by atoms with Crippen LogP contribution in [-0.4, -0.2) is 22.9 Å². The summed E-state index contributed by atoms with van der Waals surface area (Å²) in [6, 6.07) is 1.85. The molecule has 1 atom stereocenters. The van der Waals surface area contributed by atoms with E-state index in [9.17, 15) is 5.11 Å². The van der Waals surface area contributed by atoms with Gasteiger partial charge in [-0.2, -0.15) is 0 Å². The number of hydrogen-bond donors (Lipinski definition) is 2. The molecule has 2 rings (SSSR count). The van der Waals surface area contributed by atoms with Crippen molar-refractivity contribution in [3.63, 3.8) is 0 Å². The predicted octanol–water partition coefficient (Wildman–Crippen LogP) is 0.972. The van der Waals surface area contributed by atoms with Crippen molar-refractivity contribution in [3.05, 3.63) is 18.5 Å². The molecule has 1 aromatic rings. The van der Waals surface area contributed by atoms with Crippen molar-refractivity contribution in [1.29, 1.82) is 0 Å². The molecule has 0 radical (unpaired) electrons. The molecule has 0 aliphatic carbocycles. The Bertz CT molecular complexity index is 316. The van der Waals surface area contributed by atoms with Gasteiger partial charge in [-0.25, -0.2) is 0 Å². The molecular formula is C10H15N3O. The van der Waals surface area contributed by atoms with E-state index >= 15 is 0 Å². The van der Waals surface area contributed by atoms with E-state index in [1.807, 2.05) is 11.0 Å². The van der Waals surface area contributed by atoms with E-state index in [4.69, 9.17) is 5.73 Å². The molecule has 2 heterocycles. The highest BCUT2D eigenvalue weighted by Crippen LogP contribution is 2.27. The summed E-state index contributed by atoms with van der Waals surface area (Å²) in [5, 5.41) is 9.80. The highest BCUT2D eigenvalue weighted by Gasteiger charge is 2.21. The van der Waals surface area contributed by atoms with Crippen LogP contribution in [-0.2, 0) is 0 Å². The lowest BCUT2D eigenvalue weighted by atomic mass is 10.1. The summed E-state index contributed by atoms with van der Waals surface area (Å²) in [7, 11) is 0. The number of nitrogens with zero attached hydrogens (tertiary/aromatic N) is 2. The normalized spacial score (nSPS) is 22.4. The lowest BCUT2D eigenvalue weighted by Crippen LogP contribution is -2.39. The SMILES string of the molecule is Nc1cnccc1N1CCCCC1O. The molecule has 0 aromatic carbocycles. The van der Waals surface area contributed by atoms with Crippen LogP contribution < -0.4 is 10.6 Å². The van der Waals surface area contributed by atoms with Gasteiger partial charge in [0.25, 0.3) is 0 Å². The maximum atomic E-state index is 9.80. The van der Waals surface area contributed by atoms with Crippen LogP contribution in [0.1, 0.15) is 19.3 Å². The molecule has 1 aliphatic heterocycles. The number of aromatic nitrogens is 1. The van der Waals surface area contributed by atoms with Gasteiger partial charge in [-0.05, 0) is 25.3 Å². The highest BCUT2D eigenvalue weighted by molar-refractivity contribution is 5.66. The first kappa shape index (κ1) is 9.27. The van der Waals surface area contributed by atoms with Crippen molar-refractivity contribution >= 4 is 11.4 Å². The maximum Gasteiger partial charge on any atom is 0.126 e. The number of anilines is 2. The number of aliphatic hydroxyl groups excluding tert-OH is 1. The van der Waals surface area contributed by atoms with Crippen LogP contribution in [0.4, 0.5) is 11.4 Å². The van der Waals surface area contributed by atoms with E-state index in [-0.39, 0.29) is 0 Å². The average Bonchev–Trinajstić information content (AvgIpc) is 2.20. The smallest absolute Gasteiger partial charge is 0.126 e. The molecule has 4 nitrogen and oxygen atoms in total. The summed E-state index contributed by atoms with van der Waals surface area (Å²) in [4.78, 5) is 5.88. The standard InChI is InChI=1S/C10H15N3O/c11-8-7-12-5-4-9(8)13-6-2-1-3-10(13)14/h4-5,7,10,14H,1-3,6,11H2. The number of hydrogen-bond acceptors (Lipinski definition) is 4. The van der Waals surface area contributed by atoms with Gasteiger partial charge in [0.1, 0.15) is 6.23 Å². The monoisotopic (exact) mass is 193 g/mol. The Morgan fingerprint density at radius 3 is 3.07 bits per heavy atom. The fourth-order valence-electron chi connectivity index (χ4n) is 1.86. The van der Waals surface area contributed by atoms with Gasteiger partial charge in [0, 0.05) is 12.7 Å². The van der Waals surface area contributed by atoms with Crippen molar-refractivity contribution in [2.24, 2.45) is 0 Å². The Morgan fingerprint density at radius 2 is 2.36 bits per heavy atom. The minimum Gasteiger partial charge on any atom is -0.396 e. The first-order valence-electron chi connectivity index (χ1n) is 4.93. The Kier molecular flexibility index (Phi) is 2.54. The van der Waals surface area contributed by atoms with Crippen LogP contribution in [0.25, 0.3) is 0 Å². The summed E-state index contributed by atoms with van der Waals surface area (Å²) in [6.45, 7) is 0.870. The molecule has 3 N–H and O–H groups in total. The minimum absolute atomic E-state index is 0.395. The number of aliphatic hydroxyl groups is 1. The third kappa shape index (κ3) is 1.65. The van der Waals surface area contributed by atoms with Crippen LogP contribution in [0, 0.1) is 0 Å². The molecule has 0 bridgehead atoms. The number of pyridine rings is 1. The lowest BCUT2D eigenvalue weighted by Gasteiger charge is -2.34. The van der Waals surface area contributed by atoms with E-state index in [2.05, 4.69) is 4.98 Å². The van der Waals surface area contributed by atoms with E-state index < -0.39 is 6.23 Å². The van der Waals surface area contributed by atoms with Crippen LogP contribution in [0.5, 0.6) is 0 Å². The highest BCUT2D eigenvalue weighted by atomic mass is 16.3. The van der Waals surface area contributed by atoms with Crippen molar-refractivity contribution in [2.75, 3.05) is 17.2 Å².